The second-order valence-corrected chi connectivity index (χ2v) is 7.19. The van der Waals surface area contributed by atoms with Crippen LogP contribution in [0.4, 0.5) is 4.39 Å². The molecule has 1 aromatic heterocycles. The van der Waals surface area contributed by atoms with E-state index in [-0.39, 0.29) is 11.7 Å². The Hall–Kier alpha value is -3.51. The number of halogens is 1. The van der Waals surface area contributed by atoms with Gasteiger partial charge in [0.25, 0.3) is 5.91 Å². The summed E-state index contributed by atoms with van der Waals surface area (Å²) in [6.07, 6.45) is 0.522. The molecule has 4 rings (SSSR count). The minimum Gasteiger partial charge on any atom is -0.355 e. The van der Waals surface area contributed by atoms with Crippen LogP contribution >= 0.6 is 0 Å². The Balaban J connectivity index is 2.06. The molecule has 0 atom stereocenters. The van der Waals surface area contributed by atoms with E-state index in [0.717, 1.165) is 33.4 Å². The lowest BCUT2D eigenvalue weighted by atomic mass is 10.0. The summed E-state index contributed by atoms with van der Waals surface area (Å²) < 4.78 is 15.6. The summed E-state index contributed by atoms with van der Waals surface area (Å²) in [5.41, 5.74) is 11.7. The first-order chi connectivity index (χ1) is 14.5. The van der Waals surface area contributed by atoms with Gasteiger partial charge in [-0.05, 0) is 74.0 Å². The van der Waals surface area contributed by atoms with Crippen molar-refractivity contribution >= 4 is 16.9 Å². The highest BCUT2D eigenvalue weighted by Gasteiger charge is 2.20. The fourth-order valence-electron chi connectivity index (χ4n) is 3.69. The van der Waals surface area contributed by atoms with E-state index in [1.54, 1.807) is 19.2 Å². The van der Waals surface area contributed by atoms with Crippen LogP contribution in [-0.2, 0) is 6.42 Å². The van der Waals surface area contributed by atoms with Gasteiger partial charge in [0.2, 0.25) is 0 Å². The van der Waals surface area contributed by atoms with Crippen molar-refractivity contribution in [1.29, 1.82) is 0 Å². The SMILES string of the molecule is CNC(=O)c1ccc2c(nc(-c3ccc(F)cc3)n2-c2ccc(C)cc2)c1CCN. The molecule has 0 aliphatic carbocycles. The molecule has 0 saturated carbocycles. The molecule has 5 nitrogen and oxygen atoms in total. The Kier molecular flexibility index (Phi) is 5.33. The predicted octanol–water partition coefficient (Wildman–Crippen LogP) is 4.00. The largest absolute Gasteiger partial charge is 0.355 e. The van der Waals surface area contributed by atoms with Gasteiger partial charge >= 0.3 is 0 Å². The van der Waals surface area contributed by atoms with Gasteiger partial charge in [-0.3, -0.25) is 9.36 Å². The topological polar surface area (TPSA) is 72.9 Å². The summed E-state index contributed by atoms with van der Waals surface area (Å²) in [5.74, 6) is 0.206. The highest BCUT2D eigenvalue weighted by atomic mass is 19.1. The van der Waals surface area contributed by atoms with Crippen LogP contribution in [-0.4, -0.2) is 29.1 Å². The highest BCUT2D eigenvalue weighted by molar-refractivity contribution is 6.01. The predicted molar refractivity (Wildman–Crippen MR) is 117 cm³/mol. The molecule has 0 unspecified atom stereocenters. The number of nitrogens with one attached hydrogen (secondary N) is 1. The molecule has 0 bridgehead atoms. The van der Waals surface area contributed by atoms with Crippen molar-refractivity contribution in [1.82, 2.24) is 14.9 Å². The standard InChI is InChI=1S/C24H23FN4O/c1-15-3-9-18(10-4-15)29-21-12-11-20(24(30)27-2)19(13-14-26)22(21)28-23(29)16-5-7-17(25)8-6-16/h3-12H,13-14,26H2,1-2H3,(H,27,30). The first-order valence-electron chi connectivity index (χ1n) is 9.83. The van der Waals surface area contributed by atoms with Crippen molar-refractivity contribution in [2.75, 3.05) is 13.6 Å². The molecule has 30 heavy (non-hydrogen) atoms. The Labute approximate surface area is 174 Å². The minimum absolute atomic E-state index is 0.173. The number of hydrogen-bond acceptors (Lipinski definition) is 3. The smallest absolute Gasteiger partial charge is 0.251 e. The molecular formula is C24H23FN4O. The van der Waals surface area contributed by atoms with Crippen molar-refractivity contribution in [2.24, 2.45) is 5.73 Å². The Morgan fingerprint density at radius 1 is 1.07 bits per heavy atom. The first-order valence-corrected chi connectivity index (χ1v) is 9.83. The zero-order valence-corrected chi connectivity index (χ0v) is 16.9. The van der Waals surface area contributed by atoms with Crippen molar-refractivity contribution < 1.29 is 9.18 Å². The van der Waals surface area contributed by atoms with Crippen molar-refractivity contribution in [3.05, 3.63) is 83.2 Å². The van der Waals surface area contributed by atoms with Gasteiger partial charge in [0.15, 0.2) is 0 Å². The van der Waals surface area contributed by atoms with Crippen LogP contribution in [0.15, 0.2) is 60.7 Å². The number of hydrogen-bond donors (Lipinski definition) is 2. The van der Waals surface area contributed by atoms with Gasteiger partial charge in [0.05, 0.1) is 11.0 Å². The molecule has 6 heteroatoms. The quantitative estimate of drug-likeness (QED) is 0.530. The fourth-order valence-corrected chi connectivity index (χ4v) is 3.69. The van der Waals surface area contributed by atoms with Gasteiger partial charge in [-0.15, -0.1) is 0 Å². The third-order valence-corrected chi connectivity index (χ3v) is 5.19. The third-order valence-electron chi connectivity index (χ3n) is 5.19. The lowest BCUT2D eigenvalue weighted by molar-refractivity contribution is 0.0962. The third kappa shape index (κ3) is 3.46. The van der Waals surface area contributed by atoms with Gasteiger partial charge in [-0.2, -0.15) is 0 Å². The maximum Gasteiger partial charge on any atom is 0.251 e. The number of carbonyl (C=O) groups is 1. The first kappa shape index (κ1) is 19.8. The maximum absolute atomic E-state index is 13.5. The normalized spacial score (nSPS) is 11.1. The van der Waals surface area contributed by atoms with E-state index in [1.807, 2.05) is 47.9 Å². The van der Waals surface area contributed by atoms with Gasteiger partial charge in [-0.25, -0.2) is 9.37 Å². The Morgan fingerprint density at radius 2 is 1.77 bits per heavy atom. The van der Waals surface area contributed by atoms with Crippen molar-refractivity contribution in [3.8, 4) is 17.1 Å². The van der Waals surface area contributed by atoms with E-state index < -0.39 is 0 Å². The van der Waals surface area contributed by atoms with E-state index in [0.29, 0.717) is 24.4 Å². The van der Waals surface area contributed by atoms with Crippen molar-refractivity contribution in [3.63, 3.8) is 0 Å². The molecule has 152 valence electrons. The number of carbonyl (C=O) groups excluding carboxylic acids is 1. The van der Waals surface area contributed by atoms with Crippen LogP contribution in [0, 0.1) is 12.7 Å². The second-order valence-electron chi connectivity index (χ2n) is 7.19. The van der Waals surface area contributed by atoms with Crippen LogP contribution in [0.2, 0.25) is 0 Å². The number of nitrogens with zero attached hydrogens (tertiary/aromatic N) is 2. The lowest BCUT2D eigenvalue weighted by Gasteiger charge is -2.12. The van der Waals surface area contributed by atoms with Gasteiger partial charge in [-0.1, -0.05) is 17.7 Å². The molecule has 4 aromatic rings. The fraction of sp³-hybridized carbons (Fsp3) is 0.167. The molecule has 3 aromatic carbocycles. The van der Waals surface area contributed by atoms with Gasteiger partial charge in [0, 0.05) is 23.9 Å². The van der Waals surface area contributed by atoms with E-state index >= 15 is 0 Å². The monoisotopic (exact) mass is 402 g/mol. The number of nitrogens with two attached hydrogens (primary N) is 1. The molecule has 1 amide bonds. The molecule has 0 fully saturated rings. The van der Waals surface area contributed by atoms with E-state index in [9.17, 15) is 9.18 Å². The lowest BCUT2D eigenvalue weighted by Crippen LogP contribution is -2.20. The molecule has 1 heterocycles. The maximum atomic E-state index is 13.5. The number of benzene rings is 3. The minimum atomic E-state index is -0.303. The number of aryl methyl sites for hydroxylation is 1. The molecule has 0 aliphatic heterocycles. The van der Waals surface area contributed by atoms with Crippen LogP contribution in [0.1, 0.15) is 21.5 Å². The Bertz CT molecular complexity index is 1210. The molecule has 3 N–H and O–H groups in total. The van der Waals surface area contributed by atoms with Gasteiger partial charge < -0.3 is 11.1 Å². The zero-order valence-electron chi connectivity index (χ0n) is 16.9. The average molecular weight is 402 g/mol. The summed E-state index contributed by atoms with van der Waals surface area (Å²) in [7, 11) is 1.60. The van der Waals surface area contributed by atoms with E-state index in [4.69, 9.17) is 10.7 Å². The molecule has 0 saturated heterocycles. The summed E-state index contributed by atoms with van der Waals surface area (Å²) in [5, 5.41) is 2.69. The number of fused-ring (bicyclic) bond motifs is 1. The number of imidazole rings is 1. The van der Waals surface area contributed by atoms with E-state index in [1.165, 1.54) is 12.1 Å². The molecule has 0 radical (unpaired) electrons. The summed E-state index contributed by atoms with van der Waals surface area (Å²) in [6.45, 7) is 2.43. The second kappa shape index (κ2) is 8.08. The molecule has 0 spiro atoms. The Morgan fingerprint density at radius 3 is 2.40 bits per heavy atom. The number of aromatic nitrogens is 2. The number of amides is 1. The molecular weight excluding hydrogens is 379 g/mol. The van der Waals surface area contributed by atoms with Crippen LogP contribution in [0.5, 0.6) is 0 Å². The van der Waals surface area contributed by atoms with Crippen molar-refractivity contribution in [2.45, 2.75) is 13.3 Å². The highest BCUT2D eigenvalue weighted by Crippen LogP contribution is 2.32. The molecule has 0 aliphatic rings. The van der Waals surface area contributed by atoms with Crippen LogP contribution in [0.3, 0.4) is 0 Å². The van der Waals surface area contributed by atoms with Crippen LogP contribution in [0.25, 0.3) is 28.1 Å². The van der Waals surface area contributed by atoms with Crippen LogP contribution < -0.4 is 11.1 Å². The number of rotatable bonds is 5. The summed E-state index contributed by atoms with van der Waals surface area (Å²) in [4.78, 5) is 17.3. The summed E-state index contributed by atoms with van der Waals surface area (Å²) in [6, 6.07) is 18.1. The van der Waals surface area contributed by atoms with Gasteiger partial charge in [0.1, 0.15) is 11.6 Å². The van der Waals surface area contributed by atoms with E-state index in [2.05, 4.69) is 5.32 Å². The zero-order chi connectivity index (χ0) is 21.3. The average Bonchev–Trinajstić information content (AvgIpc) is 3.14. The summed E-state index contributed by atoms with van der Waals surface area (Å²) >= 11 is 0.